The molecule has 1 unspecified atom stereocenters. The van der Waals surface area contributed by atoms with Gasteiger partial charge in [-0.15, -0.1) is 0 Å². The van der Waals surface area contributed by atoms with Gasteiger partial charge in [-0.3, -0.25) is 0 Å². The van der Waals surface area contributed by atoms with Crippen molar-refractivity contribution in [2.24, 2.45) is 5.92 Å². The van der Waals surface area contributed by atoms with Gasteiger partial charge in [0.15, 0.2) is 0 Å². The summed E-state index contributed by atoms with van der Waals surface area (Å²) in [6.45, 7) is 4.24. The van der Waals surface area contributed by atoms with Gasteiger partial charge in [0.1, 0.15) is 6.07 Å². The van der Waals surface area contributed by atoms with Crippen LogP contribution < -0.4 is 5.32 Å². The second-order valence-corrected chi connectivity index (χ2v) is 4.38. The van der Waals surface area contributed by atoms with Crippen molar-refractivity contribution in [2.45, 2.75) is 32.7 Å². The Kier molecular flexibility index (Phi) is 2.64. The molecule has 1 aromatic carbocycles. The van der Waals surface area contributed by atoms with Crippen molar-refractivity contribution in [3.8, 4) is 6.07 Å². The molecule has 0 heterocycles. The van der Waals surface area contributed by atoms with Crippen LogP contribution in [0.4, 0.5) is 5.69 Å². The molecule has 1 fully saturated rings. The zero-order valence-electron chi connectivity index (χ0n) is 9.25. The van der Waals surface area contributed by atoms with Gasteiger partial charge in [0.2, 0.25) is 0 Å². The van der Waals surface area contributed by atoms with E-state index in [0.717, 1.165) is 22.7 Å². The summed E-state index contributed by atoms with van der Waals surface area (Å²) in [6.07, 6.45) is 2.64. The Morgan fingerprint density at radius 1 is 1.47 bits per heavy atom. The van der Waals surface area contributed by atoms with E-state index < -0.39 is 0 Å². The number of nitriles is 1. The van der Waals surface area contributed by atoms with Gasteiger partial charge in [0.25, 0.3) is 0 Å². The smallest absolute Gasteiger partial charge is 0.101 e. The Hall–Kier alpha value is -1.49. The number of para-hydroxylation sites is 1. The minimum absolute atomic E-state index is 0.484. The van der Waals surface area contributed by atoms with Crippen LogP contribution in [-0.4, -0.2) is 6.04 Å². The molecule has 1 atom stereocenters. The number of benzene rings is 1. The van der Waals surface area contributed by atoms with Gasteiger partial charge in [-0.1, -0.05) is 12.1 Å². The highest BCUT2D eigenvalue weighted by atomic mass is 14.9. The molecule has 0 amide bonds. The van der Waals surface area contributed by atoms with Gasteiger partial charge in [-0.2, -0.15) is 5.26 Å². The van der Waals surface area contributed by atoms with E-state index in [4.69, 9.17) is 5.26 Å². The predicted molar refractivity (Wildman–Crippen MR) is 61.7 cm³/mol. The molecule has 0 saturated heterocycles. The second-order valence-electron chi connectivity index (χ2n) is 4.38. The molecular formula is C13H16N2. The third-order valence-corrected chi connectivity index (χ3v) is 3.09. The average Bonchev–Trinajstić information content (AvgIpc) is 3.04. The van der Waals surface area contributed by atoms with E-state index in [2.05, 4.69) is 18.3 Å². The van der Waals surface area contributed by atoms with E-state index in [1.165, 1.54) is 12.8 Å². The van der Waals surface area contributed by atoms with E-state index in [9.17, 15) is 0 Å². The molecule has 15 heavy (non-hydrogen) atoms. The maximum atomic E-state index is 9.02. The van der Waals surface area contributed by atoms with Gasteiger partial charge in [0, 0.05) is 6.04 Å². The van der Waals surface area contributed by atoms with Crippen LogP contribution in [0.5, 0.6) is 0 Å². The summed E-state index contributed by atoms with van der Waals surface area (Å²) in [5.41, 5.74) is 2.92. The van der Waals surface area contributed by atoms with E-state index in [0.29, 0.717) is 6.04 Å². The SMILES string of the molecule is Cc1cccc(C#N)c1NC(C)C1CC1. The normalized spacial score (nSPS) is 16.9. The first-order chi connectivity index (χ1) is 7.22. The average molecular weight is 200 g/mol. The Morgan fingerprint density at radius 3 is 2.80 bits per heavy atom. The number of hydrogen-bond donors (Lipinski definition) is 1. The van der Waals surface area contributed by atoms with Crippen molar-refractivity contribution in [3.63, 3.8) is 0 Å². The Balaban J connectivity index is 2.22. The molecule has 1 saturated carbocycles. The monoisotopic (exact) mass is 200 g/mol. The molecule has 1 aromatic rings. The summed E-state index contributed by atoms with van der Waals surface area (Å²) in [4.78, 5) is 0. The molecule has 1 aliphatic carbocycles. The standard InChI is InChI=1S/C13H16N2/c1-9-4-3-5-12(8-14)13(9)15-10(2)11-6-7-11/h3-5,10-11,15H,6-7H2,1-2H3. The van der Waals surface area contributed by atoms with Crippen LogP contribution in [0, 0.1) is 24.2 Å². The molecule has 2 heteroatoms. The van der Waals surface area contributed by atoms with E-state index >= 15 is 0 Å². The lowest BCUT2D eigenvalue weighted by atomic mass is 10.1. The summed E-state index contributed by atoms with van der Waals surface area (Å²) >= 11 is 0. The molecule has 0 spiro atoms. The lowest BCUT2D eigenvalue weighted by Gasteiger charge is -2.17. The molecule has 1 aliphatic rings. The Morgan fingerprint density at radius 2 is 2.20 bits per heavy atom. The quantitative estimate of drug-likeness (QED) is 0.813. The van der Waals surface area contributed by atoms with Crippen LogP contribution in [-0.2, 0) is 0 Å². The fraction of sp³-hybridized carbons (Fsp3) is 0.462. The number of nitrogens with one attached hydrogen (secondary N) is 1. The van der Waals surface area contributed by atoms with Gasteiger partial charge in [0.05, 0.1) is 11.3 Å². The maximum Gasteiger partial charge on any atom is 0.101 e. The number of nitrogens with zero attached hydrogens (tertiary/aromatic N) is 1. The van der Waals surface area contributed by atoms with Crippen molar-refractivity contribution in [1.82, 2.24) is 0 Å². The molecule has 0 aromatic heterocycles. The van der Waals surface area contributed by atoms with Crippen molar-refractivity contribution in [1.29, 1.82) is 5.26 Å². The molecule has 0 bridgehead atoms. The highest BCUT2D eigenvalue weighted by Gasteiger charge is 2.28. The maximum absolute atomic E-state index is 9.02. The number of rotatable bonds is 3. The molecular weight excluding hydrogens is 184 g/mol. The number of aryl methyl sites for hydroxylation is 1. The number of anilines is 1. The van der Waals surface area contributed by atoms with Gasteiger partial charge >= 0.3 is 0 Å². The number of hydrogen-bond acceptors (Lipinski definition) is 2. The van der Waals surface area contributed by atoms with E-state index in [1.54, 1.807) is 0 Å². The third-order valence-electron chi connectivity index (χ3n) is 3.09. The topological polar surface area (TPSA) is 35.8 Å². The van der Waals surface area contributed by atoms with Crippen LogP contribution in [0.25, 0.3) is 0 Å². The van der Waals surface area contributed by atoms with Crippen LogP contribution in [0.2, 0.25) is 0 Å². The van der Waals surface area contributed by atoms with Gasteiger partial charge < -0.3 is 5.32 Å². The molecule has 2 nitrogen and oxygen atoms in total. The second kappa shape index (κ2) is 3.94. The minimum Gasteiger partial charge on any atom is -0.381 e. The van der Waals surface area contributed by atoms with Crippen LogP contribution in [0.3, 0.4) is 0 Å². The highest BCUT2D eigenvalue weighted by Crippen LogP contribution is 2.34. The molecule has 2 rings (SSSR count). The fourth-order valence-electron chi connectivity index (χ4n) is 1.89. The summed E-state index contributed by atoms with van der Waals surface area (Å²) in [5, 5.41) is 12.5. The molecule has 1 N–H and O–H groups in total. The Labute approximate surface area is 90.9 Å². The van der Waals surface area contributed by atoms with Crippen molar-refractivity contribution in [3.05, 3.63) is 29.3 Å². The van der Waals surface area contributed by atoms with Crippen molar-refractivity contribution >= 4 is 5.69 Å². The molecule has 0 aliphatic heterocycles. The first-order valence-corrected chi connectivity index (χ1v) is 5.48. The van der Waals surface area contributed by atoms with Crippen molar-refractivity contribution in [2.75, 3.05) is 5.32 Å². The summed E-state index contributed by atoms with van der Waals surface area (Å²) in [5.74, 6) is 0.802. The van der Waals surface area contributed by atoms with Crippen LogP contribution in [0.1, 0.15) is 30.9 Å². The fourth-order valence-corrected chi connectivity index (χ4v) is 1.89. The van der Waals surface area contributed by atoms with E-state index in [-0.39, 0.29) is 0 Å². The lowest BCUT2D eigenvalue weighted by molar-refractivity contribution is 0.693. The molecule has 78 valence electrons. The third kappa shape index (κ3) is 2.12. The first kappa shape index (κ1) is 10.0. The summed E-state index contributed by atoms with van der Waals surface area (Å²) < 4.78 is 0. The van der Waals surface area contributed by atoms with Crippen LogP contribution >= 0.6 is 0 Å². The van der Waals surface area contributed by atoms with E-state index in [1.807, 2.05) is 25.1 Å². The predicted octanol–water partition coefficient (Wildman–Crippen LogP) is 3.08. The summed E-state index contributed by atoms with van der Waals surface area (Å²) in [7, 11) is 0. The van der Waals surface area contributed by atoms with Crippen LogP contribution in [0.15, 0.2) is 18.2 Å². The Bertz CT molecular complexity index is 399. The van der Waals surface area contributed by atoms with Crippen molar-refractivity contribution < 1.29 is 0 Å². The van der Waals surface area contributed by atoms with Gasteiger partial charge in [-0.05, 0) is 44.2 Å². The largest absolute Gasteiger partial charge is 0.381 e. The zero-order chi connectivity index (χ0) is 10.8. The first-order valence-electron chi connectivity index (χ1n) is 5.48. The summed E-state index contributed by atoms with van der Waals surface area (Å²) in [6, 6.07) is 8.57. The molecule has 0 radical (unpaired) electrons. The van der Waals surface area contributed by atoms with Gasteiger partial charge in [-0.25, -0.2) is 0 Å². The lowest BCUT2D eigenvalue weighted by Crippen LogP contribution is -2.18. The zero-order valence-corrected chi connectivity index (χ0v) is 9.25. The highest BCUT2D eigenvalue weighted by molar-refractivity contribution is 5.62. The minimum atomic E-state index is 0.484.